The molecule has 5 heterocycles. The smallest absolute Gasteiger partial charge is 0.246 e. The molecule has 63 heavy (non-hydrogen) atoms. The maximum absolute atomic E-state index is 14.4. The van der Waals surface area contributed by atoms with Crippen LogP contribution in [0.3, 0.4) is 0 Å². The Morgan fingerprint density at radius 1 is 0.571 bits per heavy atom. The van der Waals surface area contributed by atoms with Crippen molar-refractivity contribution in [3.8, 4) is 0 Å². The highest BCUT2D eigenvalue weighted by atomic mass is 16.3. The van der Waals surface area contributed by atoms with E-state index in [-0.39, 0.29) is 45.6 Å². The van der Waals surface area contributed by atoms with Crippen molar-refractivity contribution in [2.24, 2.45) is 11.7 Å². The number of nitrogens with one attached hydrogen (secondary N) is 5. The minimum absolute atomic E-state index is 0.0342. The van der Waals surface area contributed by atoms with Crippen molar-refractivity contribution < 1.29 is 53.4 Å². The van der Waals surface area contributed by atoms with E-state index < -0.39 is 126 Å². The van der Waals surface area contributed by atoms with Gasteiger partial charge in [-0.25, -0.2) is 0 Å². The lowest BCUT2D eigenvalue weighted by atomic mass is 9.96. The molecule has 11 atom stereocenters. The lowest BCUT2D eigenvalue weighted by molar-refractivity contribution is -0.149. The molecule has 0 aromatic rings. The predicted molar refractivity (Wildman–Crippen MR) is 225 cm³/mol. The van der Waals surface area contributed by atoms with E-state index in [1.54, 1.807) is 6.92 Å². The van der Waals surface area contributed by atoms with Crippen LogP contribution in [0, 0.1) is 5.92 Å². The molecule has 5 aliphatic rings. The molecular formula is C42H68N10O11. The molecule has 5 aliphatic heterocycles. The number of unbranched alkanes of at least 4 members (excludes halogenated alkanes) is 1. The molecular weight excluding hydrogens is 821 g/mol. The Bertz CT molecular complexity index is 1730. The molecule has 5 saturated heterocycles. The number of rotatable bonds is 8. The molecule has 9 amide bonds. The van der Waals surface area contributed by atoms with Crippen LogP contribution in [0.25, 0.3) is 0 Å². The van der Waals surface area contributed by atoms with Crippen LogP contribution in [-0.2, 0) is 43.2 Å². The number of aliphatic hydroxyl groups excluding tert-OH is 2. The number of carbonyl (C=O) groups is 9. The number of amides is 9. The number of nitrogens with zero attached hydrogens (tertiary/aromatic N) is 4. The lowest BCUT2D eigenvalue weighted by Gasteiger charge is -2.35. The van der Waals surface area contributed by atoms with Crippen LogP contribution in [0.2, 0.25) is 0 Å². The maximum atomic E-state index is 14.4. The third-order valence-electron chi connectivity index (χ3n) is 13.3. The number of fused-ring (bicyclic) bond motifs is 4. The van der Waals surface area contributed by atoms with Gasteiger partial charge in [0.2, 0.25) is 53.2 Å². The normalized spacial score (nSPS) is 32.2. The van der Waals surface area contributed by atoms with E-state index in [1.165, 1.54) is 33.4 Å². The SMILES string of the molecule is CC[C@H](C)[C@@H]1NC(=O)[C@H](CO)NC(=O)[C@H](CCCCN)NC(=O)[C@H]([C@@H](C)O)NC(=O)[C@H]2CCCN2C(=O)[C@@H]2CCCN2C(=O)[C@H](C)NC(=O)[C@@H]2CCCN2C(=O)[C@@H]2CCCN2C1=O. The van der Waals surface area contributed by atoms with E-state index in [4.69, 9.17) is 5.73 Å². The summed E-state index contributed by atoms with van der Waals surface area (Å²) in [6.07, 6.45) is 2.99. The predicted octanol–water partition coefficient (Wildman–Crippen LogP) is -3.04. The molecule has 21 heteroatoms. The second kappa shape index (κ2) is 22.1. The van der Waals surface area contributed by atoms with Gasteiger partial charge < -0.3 is 62.1 Å². The van der Waals surface area contributed by atoms with Crippen molar-refractivity contribution >= 4 is 53.2 Å². The van der Waals surface area contributed by atoms with Crippen LogP contribution in [-0.4, -0.2) is 183 Å². The van der Waals surface area contributed by atoms with E-state index in [0.29, 0.717) is 64.2 Å². The summed E-state index contributed by atoms with van der Waals surface area (Å²) in [5.41, 5.74) is 5.70. The Morgan fingerprint density at radius 2 is 1.02 bits per heavy atom. The third kappa shape index (κ3) is 11.3. The van der Waals surface area contributed by atoms with Crippen LogP contribution >= 0.6 is 0 Å². The Morgan fingerprint density at radius 3 is 1.51 bits per heavy atom. The fourth-order valence-corrected chi connectivity index (χ4v) is 9.44. The van der Waals surface area contributed by atoms with Crippen LogP contribution in [0.15, 0.2) is 0 Å². The minimum atomic E-state index is -1.58. The van der Waals surface area contributed by atoms with Gasteiger partial charge >= 0.3 is 0 Å². The van der Waals surface area contributed by atoms with Crippen LogP contribution in [0.4, 0.5) is 0 Å². The van der Waals surface area contributed by atoms with Crippen LogP contribution < -0.4 is 32.3 Å². The number of carbonyl (C=O) groups excluding carboxylic acids is 9. The lowest BCUT2D eigenvalue weighted by Crippen LogP contribution is -2.62. The molecule has 0 aromatic carbocycles. The summed E-state index contributed by atoms with van der Waals surface area (Å²) in [6, 6.07) is -10.5. The molecule has 0 bridgehead atoms. The second-order valence-corrected chi connectivity index (χ2v) is 17.7. The fraction of sp³-hybridized carbons (Fsp3) is 0.786. The first-order valence-electron chi connectivity index (χ1n) is 22.8. The fourth-order valence-electron chi connectivity index (χ4n) is 9.44. The summed E-state index contributed by atoms with van der Waals surface area (Å²) in [4.78, 5) is 132. The van der Waals surface area contributed by atoms with Gasteiger partial charge in [-0.05, 0) is 96.9 Å². The average Bonchev–Trinajstić information content (AvgIpc) is 4.11. The van der Waals surface area contributed by atoms with E-state index in [2.05, 4.69) is 26.6 Å². The van der Waals surface area contributed by atoms with Gasteiger partial charge in [0.25, 0.3) is 0 Å². The summed E-state index contributed by atoms with van der Waals surface area (Å²) in [5, 5.41) is 34.2. The van der Waals surface area contributed by atoms with Gasteiger partial charge in [0.15, 0.2) is 0 Å². The molecule has 0 unspecified atom stereocenters. The number of hydrogen-bond acceptors (Lipinski definition) is 12. The van der Waals surface area contributed by atoms with Crippen molar-refractivity contribution in [1.82, 2.24) is 46.2 Å². The first kappa shape index (κ1) is 49.1. The maximum Gasteiger partial charge on any atom is 0.246 e. The van der Waals surface area contributed by atoms with E-state index in [1.807, 2.05) is 6.92 Å². The van der Waals surface area contributed by atoms with Gasteiger partial charge in [0.05, 0.1) is 12.7 Å². The summed E-state index contributed by atoms with van der Waals surface area (Å²) >= 11 is 0. The first-order chi connectivity index (χ1) is 30.0. The number of aliphatic hydroxyl groups is 2. The highest BCUT2D eigenvalue weighted by Gasteiger charge is 2.47. The summed E-state index contributed by atoms with van der Waals surface area (Å²) in [5.74, 6) is -6.34. The zero-order valence-electron chi connectivity index (χ0n) is 37.0. The molecule has 352 valence electrons. The van der Waals surface area contributed by atoms with Crippen LogP contribution in [0.1, 0.15) is 105 Å². The minimum Gasteiger partial charge on any atom is -0.394 e. The third-order valence-corrected chi connectivity index (χ3v) is 13.3. The monoisotopic (exact) mass is 889 g/mol. The molecule has 21 nitrogen and oxygen atoms in total. The quantitative estimate of drug-likeness (QED) is 0.113. The topological polar surface area (TPSA) is 293 Å². The van der Waals surface area contributed by atoms with Crippen molar-refractivity contribution in [3.63, 3.8) is 0 Å². The Balaban J connectivity index is 1.48. The van der Waals surface area contributed by atoms with Crippen molar-refractivity contribution in [1.29, 1.82) is 0 Å². The van der Waals surface area contributed by atoms with Gasteiger partial charge in [-0.1, -0.05) is 20.3 Å². The Hall–Kier alpha value is -4.89. The van der Waals surface area contributed by atoms with E-state index in [9.17, 15) is 53.4 Å². The van der Waals surface area contributed by atoms with Gasteiger partial charge in [-0.2, -0.15) is 0 Å². The highest BCUT2D eigenvalue weighted by molar-refractivity contribution is 5.99. The Labute approximate surface area is 368 Å². The molecule has 0 spiro atoms. The average molecular weight is 889 g/mol. The summed E-state index contributed by atoms with van der Waals surface area (Å²) in [7, 11) is 0. The number of nitrogens with two attached hydrogens (primary N) is 1. The van der Waals surface area contributed by atoms with Gasteiger partial charge in [0.1, 0.15) is 54.4 Å². The van der Waals surface area contributed by atoms with E-state index in [0.717, 1.165) is 0 Å². The zero-order valence-corrected chi connectivity index (χ0v) is 37.0. The summed E-state index contributed by atoms with van der Waals surface area (Å²) < 4.78 is 0. The van der Waals surface area contributed by atoms with E-state index >= 15 is 0 Å². The van der Waals surface area contributed by atoms with Crippen LogP contribution in [0.5, 0.6) is 0 Å². The van der Waals surface area contributed by atoms with Gasteiger partial charge in [-0.3, -0.25) is 43.2 Å². The van der Waals surface area contributed by atoms with Gasteiger partial charge in [0, 0.05) is 26.2 Å². The van der Waals surface area contributed by atoms with Gasteiger partial charge in [-0.15, -0.1) is 0 Å². The molecule has 9 N–H and O–H groups in total. The first-order valence-corrected chi connectivity index (χ1v) is 22.8. The zero-order chi connectivity index (χ0) is 46.1. The van der Waals surface area contributed by atoms with Crippen molar-refractivity contribution in [2.75, 3.05) is 39.3 Å². The standard InChI is InChI=1S/C42H68N10O11/c1-5-23(2)32-42(63)52-21-11-16-31(52)41(62)49-18-8-13-28(49)36(57)44-24(3)39(60)51-20-10-15-30(51)40(61)50-19-9-14-29(50)37(58)48-33(25(4)54)38(59)45-26(12-6-7-17-43)34(55)46-27(22-53)35(56)47-32/h23-33,53-54H,5-22,43H2,1-4H3,(H,44,57)(H,45,59)(H,46,55)(H,47,56)(H,48,58)/t23-,24-,25+,26-,27-,28-,29+,30-,31-,32-,33-/m0/s1. The molecule has 5 rings (SSSR count). The molecule has 0 radical (unpaired) electrons. The van der Waals surface area contributed by atoms with Crippen molar-refractivity contribution in [3.05, 3.63) is 0 Å². The molecule has 0 saturated carbocycles. The number of hydrogen-bond donors (Lipinski definition) is 8. The Kier molecular flexibility index (Phi) is 17.3. The largest absolute Gasteiger partial charge is 0.394 e. The molecule has 0 aliphatic carbocycles. The summed E-state index contributed by atoms with van der Waals surface area (Å²) in [6.45, 7) is 6.66. The second-order valence-electron chi connectivity index (χ2n) is 17.7. The molecule has 0 aromatic heterocycles. The highest BCUT2D eigenvalue weighted by Crippen LogP contribution is 2.29. The van der Waals surface area contributed by atoms with Crippen molar-refractivity contribution in [2.45, 2.75) is 165 Å². The molecule has 5 fully saturated rings.